The van der Waals surface area contributed by atoms with Crippen molar-refractivity contribution in [3.63, 3.8) is 0 Å². The third-order valence-electron chi connectivity index (χ3n) is 6.83. The van der Waals surface area contributed by atoms with Gasteiger partial charge in [-0.05, 0) is 56.2 Å². The van der Waals surface area contributed by atoms with Crippen molar-refractivity contribution < 1.29 is 4.42 Å². The van der Waals surface area contributed by atoms with E-state index in [0.717, 1.165) is 39.2 Å². The Balaban J connectivity index is 1.55. The summed E-state index contributed by atoms with van der Waals surface area (Å²) in [5, 5.41) is 7.82. The van der Waals surface area contributed by atoms with Crippen molar-refractivity contribution in [2.45, 2.75) is 20.8 Å². The van der Waals surface area contributed by atoms with Gasteiger partial charge in [0.1, 0.15) is 11.3 Å². The molecule has 39 heavy (non-hydrogen) atoms. The molecule has 0 bridgehead atoms. The van der Waals surface area contributed by atoms with Gasteiger partial charge in [0, 0.05) is 17.8 Å². The minimum Gasteiger partial charge on any atom is -0.454 e. The average molecular weight is 534 g/mol. The molecule has 6 aromatic rings. The summed E-state index contributed by atoms with van der Waals surface area (Å²) in [4.78, 5) is 19.0. The van der Waals surface area contributed by atoms with Gasteiger partial charge < -0.3 is 4.42 Å². The van der Waals surface area contributed by atoms with E-state index in [4.69, 9.17) is 14.5 Å². The average Bonchev–Trinajstić information content (AvgIpc) is 3.60. The largest absolute Gasteiger partial charge is 0.454 e. The Labute approximate surface area is 229 Å². The number of benzene rings is 3. The first-order chi connectivity index (χ1) is 18.9. The Morgan fingerprint density at radius 1 is 0.923 bits per heavy atom. The van der Waals surface area contributed by atoms with E-state index in [1.54, 1.807) is 9.36 Å². The van der Waals surface area contributed by atoms with E-state index in [2.05, 4.69) is 32.0 Å². The van der Waals surface area contributed by atoms with Gasteiger partial charge in [0.2, 0.25) is 4.80 Å². The van der Waals surface area contributed by atoms with Crippen LogP contribution >= 0.6 is 11.3 Å². The number of aryl methyl sites for hydroxylation is 2. The molecule has 0 N–H and O–H groups in total. The molecule has 0 saturated carbocycles. The van der Waals surface area contributed by atoms with Crippen LogP contribution in [0.2, 0.25) is 0 Å². The minimum absolute atomic E-state index is 0.190. The highest BCUT2D eigenvalue weighted by molar-refractivity contribution is 7.07. The van der Waals surface area contributed by atoms with Gasteiger partial charge in [-0.25, -0.2) is 14.4 Å². The first-order valence-electron chi connectivity index (χ1n) is 12.6. The smallest absolute Gasteiger partial charge is 0.297 e. The molecule has 0 spiro atoms. The number of para-hydroxylation sites is 2. The zero-order valence-corrected chi connectivity index (χ0v) is 22.9. The van der Waals surface area contributed by atoms with Crippen molar-refractivity contribution in [2.24, 2.45) is 17.1 Å². The van der Waals surface area contributed by atoms with Crippen LogP contribution in [0.3, 0.4) is 0 Å². The van der Waals surface area contributed by atoms with Crippen molar-refractivity contribution >= 4 is 34.2 Å². The zero-order valence-electron chi connectivity index (χ0n) is 22.1. The minimum atomic E-state index is -0.190. The monoisotopic (exact) mass is 533 g/mol. The topological polar surface area (TPSA) is 69.7 Å². The lowest BCUT2D eigenvalue weighted by Gasteiger charge is -2.07. The summed E-state index contributed by atoms with van der Waals surface area (Å²) in [6.45, 7) is 6.04. The number of fused-ring (bicyclic) bond motifs is 1. The lowest BCUT2D eigenvalue weighted by molar-refractivity contribution is 0.622. The van der Waals surface area contributed by atoms with Crippen molar-refractivity contribution in [2.75, 3.05) is 0 Å². The van der Waals surface area contributed by atoms with Crippen LogP contribution < -0.4 is 10.4 Å². The Morgan fingerprint density at radius 3 is 2.46 bits per heavy atom. The molecule has 6 rings (SSSR count). The molecule has 0 atom stereocenters. The summed E-state index contributed by atoms with van der Waals surface area (Å²) in [5.41, 5.74) is 6.60. The maximum atomic E-state index is 13.6. The van der Waals surface area contributed by atoms with Gasteiger partial charge >= 0.3 is 0 Å². The summed E-state index contributed by atoms with van der Waals surface area (Å²) >= 11 is 1.41. The van der Waals surface area contributed by atoms with Crippen LogP contribution in [0, 0.1) is 20.8 Å². The van der Waals surface area contributed by atoms with Crippen LogP contribution in [0.5, 0.6) is 0 Å². The Kier molecular flexibility index (Phi) is 6.24. The third kappa shape index (κ3) is 4.49. The van der Waals surface area contributed by atoms with Crippen molar-refractivity contribution in [1.29, 1.82) is 0 Å². The predicted molar refractivity (Wildman–Crippen MR) is 157 cm³/mol. The summed E-state index contributed by atoms with van der Waals surface area (Å²) in [6, 6.07) is 25.7. The molecule has 194 valence electrons. The van der Waals surface area contributed by atoms with E-state index in [0.29, 0.717) is 16.2 Å². The first-order valence-corrected chi connectivity index (χ1v) is 13.5. The van der Waals surface area contributed by atoms with Crippen molar-refractivity contribution in [3.05, 3.63) is 122 Å². The fourth-order valence-corrected chi connectivity index (χ4v) is 5.46. The van der Waals surface area contributed by atoms with Gasteiger partial charge in [-0.3, -0.25) is 9.48 Å². The number of thiazole rings is 1. The molecule has 3 aromatic carbocycles. The highest BCUT2D eigenvalue weighted by Crippen LogP contribution is 2.28. The molecule has 0 aliphatic heterocycles. The molecule has 3 aromatic heterocycles. The van der Waals surface area contributed by atoms with Gasteiger partial charge in [0.25, 0.3) is 5.56 Å². The van der Waals surface area contributed by atoms with E-state index < -0.39 is 0 Å². The fourth-order valence-electron chi connectivity index (χ4n) is 4.64. The van der Waals surface area contributed by atoms with Crippen LogP contribution in [-0.4, -0.2) is 20.3 Å². The maximum Gasteiger partial charge on any atom is 0.297 e. The number of hydrogen-bond acceptors (Lipinski definition) is 5. The molecule has 7 nitrogen and oxygen atoms in total. The second-order valence-corrected chi connectivity index (χ2v) is 10.3. The van der Waals surface area contributed by atoms with E-state index >= 15 is 0 Å². The number of furan rings is 1. The highest BCUT2D eigenvalue weighted by atomic mass is 32.1. The molecular weight excluding hydrogens is 506 g/mol. The quantitative estimate of drug-likeness (QED) is 0.238. The van der Waals surface area contributed by atoms with E-state index in [1.807, 2.05) is 90.9 Å². The molecule has 0 amide bonds. The van der Waals surface area contributed by atoms with Crippen LogP contribution in [0.1, 0.15) is 22.4 Å². The SMILES string of the molecule is Cc1ccc(C=Nn2c(-c3cc4ccccc4o3)csc2=Nc2c(C)n(C)n(-c3ccccc3)c2=O)c(C)c1. The Hall–Kier alpha value is -4.69. The molecule has 0 aliphatic rings. The molecule has 0 aliphatic carbocycles. The van der Waals surface area contributed by atoms with Gasteiger partial charge in [-0.1, -0.05) is 60.2 Å². The number of nitrogens with zero attached hydrogens (tertiary/aromatic N) is 5. The molecule has 3 heterocycles. The van der Waals surface area contributed by atoms with Crippen molar-refractivity contribution in [3.8, 4) is 17.1 Å². The lowest BCUT2D eigenvalue weighted by Crippen LogP contribution is -2.19. The number of aromatic nitrogens is 3. The third-order valence-corrected chi connectivity index (χ3v) is 7.65. The molecular formula is C31H27N5O2S. The van der Waals surface area contributed by atoms with Crippen molar-refractivity contribution in [1.82, 2.24) is 14.0 Å². The molecule has 0 saturated heterocycles. The maximum absolute atomic E-state index is 13.6. The summed E-state index contributed by atoms with van der Waals surface area (Å²) in [5.74, 6) is 0.679. The molecule has 8 heteroatoms. The van der Waals surface area contributed by atoms with Gasteiger partial charge in [0.05, 0.1) is 17.6 Å². The Bertz CT molecular complexity index is 1950. The van der Waals surface area contributed by atoms with Crippen LogP contribution in [0.15, 0.2) is 104 Å². The normalized spacial score (nSPS) is 12.3. The summed E-state index contributed by atoms with van der Waals surface area (Å²) < 4.78 is 11.4. The molecule has 0 radical (unpaired) electrons. The van der Waals surface area contributed by atoms with Crippen LogP contribution in [0.25, 0.3) is 28.1 Å². The van der Waals surface area contributed by atoms with Gasteiger partial charge in [-0.2, -0.15) is 5.10 Å². The highest BCUT2D eigenvalue weighted by Gasteiger charge is 2.18. The first kappa shape index (κ1) is 24.6. The molecule has 0 unspecified atom stereocenters. The van der Waals surface area contributed by atoms with E-state index in [-0.39, 0.29) is 5.56 Å². The number of rotatable bonds is 5. The fraction of sp³-hybridized carbons (Fsp3) is 0.129. The van der Waals surface area contributed by atoms with Crippen LogP contribution in [0.4, 0.5) is 5.69 Å². The van der Waals surface area contributed by atoms with Crippen LogP contribution in [-0.2, 0) is 7.05 Å². The van der Waals surface area contributed by atoms with Gasteiger partial charge in [-0.15, -0.1) is 11.3 Å². The zero-order chi connectivity index (χ0) is 27.1. The molecule has 0 fully saturated rings. The lowest BCUT2D eigenvalue weighted by atomic mass is 10.1. The predicted octanol–water partition coefficient (Wildman–Crippen LogP) is 6.49. The standard InChI is InChI=1S/C31H27N5O2S/c1-20-14-15-24(21(2)16-20)18-32-35-26(28-17-23-10-8-9-13-27(23)38-28)19-39-31(35)33-29-22(3)34(4)36(30(29)37)25-11-6-5-7-12-25/h5-19H,1-4H3. The Morgan fingerprint density at radius 2 is 1.69 bits per heavy atom. The summed E-state index contributed by atoms with van der Waals surface area (Å²) in [7, 11) is 1.86. The van der Waals surface area contributed by atoms with E-state index in [1.165, 1.54) is 16.9 Å². The second kappa shape index (κ2) is 9.89. The van der Waals surface area contributed by atoms with E-state index in [9.17, 15) is 4.79 Å². The number of hydrogen-bond donors (Lipinski definition) is 0. The second-order valence-electron chi connectivity index (χ2n) is 9.49. The summed E-state index contributed by atoms with van der Waals surface area (Å²) in [6.07, 6.45) is 1.83. The van der Waals surface area contributed by atoms with Gasteiger partial charge in [0.15, 0.2) is 11.4 Å².